The summed E-state index contributed by atoms with van der Waals surface area (Å²) >= 11 is 1.77. The molecule has 24 heavy (non-hydrogen) atoms. The summed E-state index contributed by atoms with van der Waals surface area (Å²) < 4.78 is 0. The lowest BCUT2D eigenvalue weighted by molar-refractivity contribution is 0.148. The van der Waals surface area contributed by atoms with Crippen molar-refractivity contribution >= 4 is 11.3 Å². The fourth-order valence-electron chi connectivity index (χ4n) is 4.05. The van der Waals surface area contributed by atoms with Gasteiger partial charge in [-0.2, -0.15) is 0 Å². The molecule has 0 bridgehead atoms. The van der Waals surface area contributed by atoms with E-state index < -0.39 is 0 Å². The van der Waals surface area contributed by atoms with Crippen molar-refractivity contribution in [2.24, 2.45) is 0 Å². The summed E-state index contributed by atoms with van der Waals surface area (Å²) in [5.41, 5.74) is 2.48. The van der Waals surface area contributed by atoms with Crippen LogP contribution in [0.4, 0.5) is 0 Å². The van der Waals surface area contributed by atoms with Crippen molar-refractivity contribution in [3.8, 4) is 10.6 Å². The van der Waals surface area contributed by atoms with Crippen molar-refractivity contribution in [2.45, 2.75) is 44.7 Å². The fourth-order valence-corrected chi connectivity index (χ4v) is 4.87. The maximum absolute atomic E-state index is 4.89. The molecular formula is C20H27N3S. The fraction of sp³-hybridized carbons (Fsp3) is 0.550. The van der Waals surface area contributed by atoms with Gasteiger partial charge in [0.05, 0.1) is 5.69 Å². The van der Waals surface area contributed by atoms with Crippen LogP contribution in [-0.2, 0) is 6.54 Å². The number of likely N-dealkylation sites (tertiary alicyclic amines) is 2. The molecular weight excluding hydrogens is 314 g/mol. The molecule has 4 heteroatoms. The van der Waals surface area contributed by atoms with Crippen LogP contribution < -0.4 is 0 Å². The molecule has 3 heterocycles. The van der Waals surface area contributed by atoms with Gasteiger partial charge in [0.1, 0.15) is 5.01 Å². The molecule has 0 radical (unpaired) electrons. The van der Waals surface area contributed by atoms with Gasteiger partial charge in [-0.1, -0.05) is 36.8 Å². The van der Waals surface area contributed by atoms with Gasteiger partial charge in [-0.05, 0) is 45.3 Å². The zero-order chi connectivity index (χ0) is 16.2. The first-order valence-electron chi connectivity index (χ1n) is 9.35. The molecule has 0 N–H and O–H groups in total. The molecule has 1 aromatic heterocycles. The summed E-state index contributed by atoms with van der Waals surface area (Å²) in [6.45, 7) is 6.12. The second-order valence-corrected chi connectivity index (χ2v) is 8.00. The van der Waals surface area contributed by atoms with E-state index in [1.807, 2.05) is 0 Å². The van der Waals surface area contributed by atoms with Crippen LogP contribution in [0.5, 0.6) is 0 Å². The molecule has 128 valence electrons. The second kappa shape index (κ2) is 7.77. The Hall–Kier alpha value is -1.23. The SMILES string of the molecule is c1ccc(-c2nc(CN3CCCC3CN3CCCCC3)cs2)cc1. The van der Waals surface area contributed by atoms with Gasteiger partial charge in [0.15, 0.2) is 0 Å². The molecule has 2 aliphatic rings. The number of piperidine rings is 1. The Morgan fingerprint density at radius 3 is 2.67 bits per heavy atom. The minimum Gasteiger partial charge on any atom is -0.302 e. The number of hydrogen-bond acceptors (Lipinski definition) is 4. The Kier molecular flexibility index (Phi) is 5.26. The Labute approximate surface area is 149 Å². The summed E-state index contributed by atoms with van der Waals surface area (Å²) in [5, 5.41) is 3.40. The van der Waals surface area contributed by atoms with Gasteiger partial charge < -0.3 is 4.90 Å². The van der Waals surface area contributed by atoms with Gasteiger partial charge in [-0.3, -0.25) is 4.90 Å². The van der Waals surface area contributed by atoms with Crippen LogP contribution in [0.3, 0.4) is 0 Å². The van der Waals surface area contributed by atoms with E-state index >= 15 is 0 Å². The molecule has 1 aromatic carbocycles. The lowest BCUT2D eigenvalue weighted by Gasteiger charge is -2.32. The van der Waals surface area contributed by atoms with Crippen molar-refractivity contribution in [3.63, 3.8) is 0 Å². The number of rotatable bonds is 5. The Bertz CT molecular complexity index is 633. The summed E-state index contributed by atoms with van der Waals surface area (Å²) in [6, 6.07) is 11.3. The van der Waals surface area contributed by atoms with Gasteiger partial charge in [-0.15, -0.1) is 11.3 Å². The lowest BCUT2D eigenvalue weighted by atomic mass is 10.1. The largest absolute Gasteiger partial charge is 0.302 e. The van der Waals surface area contributed by atoms with E-state index in [2.05, 4.69) is 45.5 Å². The van der Waals surface area contributed by atoms with Crippen LogP contribution in [0.25, 0.3) is 10.6 Å². The molecule has 2 aliphatic heterocycles. The van der Waals surface area contributed by atoms with E-state index in [4.69, 9.17) is 4.98 Å². The van der Waals surface area contributed by atoms with E-state index in [1.54, 1.807) is 11.3 Å². The van der Waals surface area contributed by atoms with Crippen molar-refractivity contribution < 1.29 is 0 Å². The van der Waals surface area contributed by atoms with Gasteiger partial charge in [0.2, 0.25) is 0 Å². The number of benzene rings is 1. The molecule has 1 atom stereocenters. The van der Waals surface area contributed by atoms with Crippen LogP contribution in [0, 0.1) is 0 Å². The molecule has 2 saturated heterocycles. The van der Waals surface area contributed by atoms with Crippen molar-refractivity contribution in [3.05, 3.63) is 41.4 Å². The average molecular weight is 342 g/mol. The quantitative estimate of drug-likeness (QED) is 0.810. The smallest absolute Gasteiger partial charge is 0.123 e. The highest BCUT2D eigenvalue weighted by molar-refractivity contribution is 7.13. The first kappa shape index (κ1) is 16.2. The Morgan fingerprint density at radius 2 is 1.83 bits per heavy atom. The molecule has 2 aromatic rings. The van der Waals surface area contributed by atoms with E-state index in [0.29, 0.717) is 0 Å². The second-order valence-electron chi connectivity index (χ2n) is 7.14. The van der Waals surface area contributed by atoms with E-state index in [9.17, 15) is 0 Å². The highest BCUT2D eigenvalue weighted by Crippen LogP contribution is 2.26. The van der Waals surface area contributed by atoms with Gasteiger partial charge >= 0.3 is 0 Å². The highest BCUT2D eigenvalue weighted by Gasteiger charge is 2.27. The third-order valence-electron chi connectivity index (χ3n) is 5.35. The monoisotopic (exact) mass is 341 g/mol. The Balaban J connectivity index is 1.38. The van der Waals surface area contributed by atoms with Crippen LogP contribution in [0.2, 0.25) is 0 Å². The van der Waals surface area contributed by atoms with E-state index in [1.165, 1.54) is 69.5 Å². The third-order valence-corrected chi connectivity index (χ3v) is 6.29. The van der Waals surface area contributed by atoms with Gasteiger partial charge in [0.25, 0.3) is 0 Å². The maximum atomic E-state index is 4.89. The molecule has 1 unspecified atom stereocenters. The molecule has 2 fully saturated rings. The summed E-state index contributed by atoms with van der Waals surface area (Å²) in [7, 11) is 0. The number of thiazole rings is 1. The van der Waals surface area contributed by atoms with Gasteiger partial charge in [-0.25, -0.2) is 4.98 Å². The van der Waals surface area contributed by atoms with E-state index in [0.717, 1.165) is 17.6 Å². The molecule has 4 rings (SSSR count). The zero-order valence-electron chi connectivity index (χ0n) is 14.4. The average Bonchev–Trinajstić information content (AvgIpc) is 3.27. The lowest BCUT2D eigenvalue weighted by Crippen LogP contribution is -2.42. The number of aromatic nitrogens is 1. The zero-order valence-corrected chi connectivity index (χ0v) is 15.2. The first-order valence-corrected chi connectivity index (χ1v) is 10.2. The summed E-state index contributed by atoms with van der Waals surface area (Å²) in [6.07, 6.45) is 6.89. The minimum atomic E-state index is 0.727. The molecule has 0 spiro atoms. The molecule has 0 amide bonds. The number of hydrogen-bond donors (Lipinski definition) is 0. The van der Waals surface area contributed by atoms with Gasteiger partial charge in [0, 0.05) is 30.1 Å². The van der Waals surface area contributed by atoms with Crippen LogP contribution in [-0.4, -0.2) is 47.0 Å². The van der Waals surface area contributed by atoms with Crippen LogP contribution in [0.15, 0.2) is 35.7 Å². The predicted molar refractivity (Wildman–Crippen MR) is 101 cm³/mol. The van der Waals surface area contributed by atoms with Crippen molar-refractivity contribution in [1.29, 1.82) is 0 Å². The minimum absolute atomic E-state index is 0.727. The highest BCUT2D eigenvalue weighted by atomic mass is 32.1. The third kappa shape index (κ3) is 3.88. The summed E-state index contributed by atoms with van der Waals surface area (Å²) in [4.78, 5) is 10.2. The van der Waals surface area contributed by atoms with Crippen LogP contribution >= 0.6 is 11.3 Å². The molecule has 0 aliphatic carbocycles. The first-order chi connectivity index (χ1) is 11.9. The normalized spacial score (nSPS) is 22.9. The summed E-state index contributed by atoms with van der Waals surface area (Å²) in [5.74, 6) is 0. The topological polar surface area (TPSA) is 19.4 Å². The standard InChI is InChI=1S/C20H27N3S/c1-3-8-17(9-4-1)20-21-18(16-24-20)14-23-13-7-10-19(23)15-22-11-5-2-6-12-22/h1,3-4,8-9,16,19H,2,5-7,10-15H2. The van der Waals surface area contributed by atoms with E-state index in [-0.39, 0.29) is 0 Å². The predicted octanol–water partition coefficient (Wildman–Crippen LogP) is 4.26. The maximum Gasteiger partial charge on any atom is 0.123 e. The number of nitrogens with zero attached hydrogens (tertiary/aromatic N) is 3. The van der Waals surface area contributed by atoms with Crippen LogP contribution in [0.1, 0.15) is 37.8 Å². The van der Waals surface area contributed by atoms with Crippen molar-refractivity contribution in [2.75, 3.05) is 26.2 Å². The molecule has 3 nitrogen and oxygen atoms in total. The molecule has 0 saturated carbocycles. The van der Waals surface area contributed by atoms with Crippen molar-refractivity contribution in [1.82, 2.24) is 14.8 Å². The Morgan fingerprint density at radius 1 is 1.00 bits per heavy atom.